The second-order valence-corrected chi connectivity index (χ2v) is 8.66. The minimum atomic E-state index is -0.327. The summed E-state index contributed by atoms with van der Waals surface area (Å²) >= 11 is 6.41. The summed E-state index contributed by atoms with van der Waals surface area (Å²) in [6, 6.07) is 22.7. The van der Waals surface area contributed by atoms with E-state index in [2.05, 4.69) is 5.32 Å². The van der Waals surface area contributed by atoms with Crippen molar-refractivity contribution in [2.45, 2.75) is 19.8 Å². The van der Waals surface area contributed by atoms with Gasteiger partial charge in [0.25, 0.3) is 5.91 Å². The molecular weight excluding hydrogens is 448 g/mol. The van der Waals surface area contributed by atoms with Gasteiger partial charge in [-0.2, -0.15) is 5.10 Å². The molecule has 0 spiro atoms. The topological polar surface area (TPSA) is 67.2 Å². The summed E-state index contributed by atoms with van der Waals surface area (Å²) in [5.41, 5.74) is 4.93. The highest BCUT2D eigenvalue weighted by atomic mass is 35.5. The van der Waals surface area contributed by atoms with E-state index in [1.165, 1.54) is 0 Å². The van der Waals surface area contributed by atoms with Gasteiger partial charge in [-0.1, -0.05) is 54.1 Å². The minimum Gasteiger partial charge on any atom is -0.320 e. The lowest BCUT2D eigenvalue weighted by molar-refractivity contribution is -0.117. The number of hydrogen-bond acceptors (Lipinski definition) is 3. The summed E-state index contributed by atoms with van der Waals surface area (Å²) in [5.74, 6) is -0.252. The second-order valence-electron chi connectivity index (χ2n) is 8.25. The number of para-hydroxylation sites is 1. The summed E-state index contributed by atoms with van der Waals surface area (Å²) in [4.78, 5) is 27.4. The third kappa shape index (κ3) is 4.20. The van der Waals surface area contributed by atoms with Gasteiger partial charge in [0, 0.05) is 30.4 Å². The van der Waals surface area contributed by atoms with Crippen molar-refractivity contribution in [1.29, 1.82) is 0 Å². The number of amides is 2. The Hall–Kier alpha value is -3.90. The van der Waals surface area contributed by atoms with Gasteiger partial charge >= 0.3 is 0 Å². The molecule has 1 aliphatic heterocycles. The quantitative estimate of drug-likeness (QED) is 0.396. The molecule has 1 fully saturated rings. The van der Waals surface area contributed by atoms with Gasteiger partial charge in [0.05, 0.1) is 22.0 Å². The standard InChI is InChI=1S/C27H23ClN4O2/c1-18-8-5-6-11-21(18)26-22(17-32(30-26)19-9-3-2-4-10-19)27(34)29-24-16-20(13-14-23(24)28)31-15-7-12-25(31)33/h2-6,8-11,13-14,16-17H,7,12,15H2,1H3,(H,29,34). The fourth-order valence-corrected chi connectivity index (χ4v) is 4.34. The number of aryl methyl sites for hydroxylation is 1. The first-order valence-corrected chi connectivity index (χ1v) is 11.5. The van der Waals surface area contributed by atoms with Gasteiger partial charge in [-0.15, -0.1) is 0 Å². The number of hydrogen-bond donors (Lipinski definition) is 1. The summed E-state index contributed by atoms with van der Waals surface area (Å²) in [5, 5.41) is 8.09. The number of aromatic nitrogens is 2. The largest absolute Gasteiger partial charge is 0.320 e. The van der Waals surface area contributed by atoms with E-state index in [4.69, 9.17) is 16.7 Å². The van der Waals surface area contributed by atoms with Crippen molar-refractivity contribution in [1.82, 2.24) is 9.78 Å². The fourth-order valence-electron chi connectivity index (χ4n) is 4.18. The van der Waals surface area contributed by atoms with Crippen molar-refractivity contribution in [2.75, 3.05) is 16.8 Å². The number of nitrogens with one attached hydrogen (secondary N) is 1. The van der Waals surface area contributed by atoms with Crippen LogP contribution in [0.15, 0.2) is 79.0 Å². The maximum atomic E-state index is 13.5. The molecule has 3 aromatic carbocycles. The van der Waals surface area contributed by atoms with Crippen LogP contribution in [0.2, 0.25) is 5.02 Å². The lowest BCUT2D eigenvalue weighted by Crippen LogP contribution is -2.23. The van der Waals surface area contributed by atoms with Crippen LogP contribution < -0.4 is 10.2 Å². The van der Waals surface area contributed by atoms with Gasteiger partial charge in [0.2, 0.25) is 5.91 Å². The number of carbonyl (C=O) groups excluding carboxylic acids is 2. The maximum absolute atomic E-state index is 13.5. The lowest BCUT2D eigenvalue weighted by Gasteiger charge is -2.17. The summed E-state index contributed by atoms with van der Waals surface area (Å²) < 4.78 is 1.71. The Bertz CT molecular complexity index is 1380. The first-order chi connectivity index (χ1) is 16.5. The van der Waals surface area contributed by atoms with Crippen LogP contribution in [0.5, 0.6) is 0 Å². The van der Waals surface area contributed by atoms with Crippen molar-refractivity contribution in [3.8, 4) is 16.9 Å². The molecule has 1 saturated heterocycles. The van der Waals surface area contributed by atoms with Gasteiger partial charge < -0.3 is 10.2 Å². The molecule has 1 aromatic heterocycles. The minimum absolute atomic E-state index is 0.0746. The van der Waals surface area contributed by atoms with E-state index in [1.54, 1.807) is 34.0 Å². The van der Waals surface area contributed by atoms with Crippen LogP contribution in [0.4, 0.5) is 11.4 Å². The van der Waals surface area contributed by atoms with Crippen LogP contribution in [0.25, 0.3) is 16.9 Å². The van der Waals surface area contributed by atoms with E-state index in [9.17, 15) is 9.59 Å². The van der Waals surface area contributed by atoms with E-state index < -0.39 is 0 Å². The first-order valence-electron chi connectivity index (χ1n) is 11.1. The van der Waals surface area contributed by atoms with Crippen molar-refractivity contribution in [3.05, 3.63) is 95.1 Å². The molecule has 0 aliphatic carbocycles. The molecule has 170 valence electrons. The van der Waals surface area contributed by atoms with Crippen molar-refractivity contribution in [3.63, 3.8) is 0 Å². The molecule has 0 bridgehead atoms. The first kappa shape index (κ1) is 21.9. The highest BCUT2D eigenvalue weighted by molar-refractivity contribution is 6.34. The number of rotatable bonds is 5. The molecule has 7 heteroatoms. The molecular formula is C27H23ClN4O2. The molecule has 1 aliphatic rings. The van der Waals surface area contributed by atoms with Crippen LogP contribution in [0.3, 0.4) is 0 Å². The van der Waals surface area contributed by atoms with Crippen LogP contribution in [0, 0.1) is 6.92 Å². The van der Waals surface area contributed by atoms with E-state index in [1.807, 2.05) is 61.5 Å². The Morgan fingerprint density at radius 2 is 1.76 bits per heavy atom. The zero-order valence-corrected chi connectivity index (χ0v) is 19.4. The average Bonchev–Trinajstić information content (AvgIpc) is 3.48. The highest BCUT2D eigenvalue weighted by Crippen LogP contribution is 2.32. The van der Waals surface area contributed by atoms with Gasteiger partial charge in [-0.3, -0.25) is 9.59 Å². The molecule has 0 radical (unpaired) electrons. The Morgan fingerprint density at radius 3 is 2.50 bits per heavy atom. The summed E-state index contributed by atoms with van der Waals surface area (Å²) in [7, 11) is 0. The number of nitrogens with zero attached hydrogens (tertiary/aromatic N) is 3. The van der Waals surface area contributed by atoms with Crippen LogP contribution in [-0.4, -0.2) is 28.1 Å². The molecule has 1 N–H and O–H groups in total. The van der Waals surface area contributed by atoms with Crippen LogP contribution in [-0.2, 0) is 4.79 Å². The Labute approximate surface area is 202 Å². The Balaban J connectivity index is 1.53. The van der Waals surface area contributed by atoms with Crippen molar-refractivity contribution in [2.24, 2.45) is 0 Å². The molecule has 0 atom stereocenters. The molecule has 0 unspecified atom stereocenters. The Morgan fingerprint density at radius 1 is 1.00 bits per heavy atom. The van der Waals surface area contributed by atoms with Gasteiger partial charge in [0.1, 0.15) is 5.69 Å². The SMILES string of the molecule is Cc1ccccc1-c1nn(-c2ccccc2)cc1C(=O)Nc1cc(N2CCCC2=O)ccc1Cl. The molecule has 5 rings (SSSR count). The number of halogens is 1. The zero-order chi connectivity index (χ0) is 23.7. The average molecular weight is 471 g/mol. The highest BCUT2D eigenvalue weighted by Gasteiger charge is 2.24. The monoisotopic (exact) mass is 470 g/mol. The normalized spacial score (nSPS) is 13.4. The third-order valence-corrected chi connectivity index (χ3v) is 6.29. The molecule has 2 heterocycles. The van der Waals surface area contributed by atoms with Gasteiger partial charge in [0.15, 0.2) is 0 Å². The van der Waals surface area contributed by atoms with Crippen LogP contribution in [0.1, 0.15) is 28.8 Å². The van der Waals surface area contributed by atoms with E-state index in [0.29, 0.717) is 34.9 Å². The molecule has 4 aromatic rings. The van der Waals surface area contributed by atoms with E-state index in [-0.39, 0.29) is 11.8 Å². The molecule has 2 amide bonds. The number of carbonyl (C=O) groups is 2. The predicted molar refractivity (Wildman–Crippen MR) is 135 cm³/mol. The van der Waals surface area contributed by atoms with Gasteiger partial charge in [-0.25, -0.2) is 4.68 Å². The summed E-state index contributed by atoms with van der Waals surface area (Å²) in [6.45, 7) is 2.65. The van der Waals surface area contributed by atoms with E-state index in [0.717, 1.165) is 28.9 Å². The van der Waals surface area contributed by atoms with Crippen molar-refractivity contribution < 1.29 is 9.59 Å². The summed E-state index contributed by atoms with van der Waals surface area (Å²) in [6.07, 6.45) is 3.08. The maximum Gasteiger partial charge on any atom is 0.259 e. The third-order valence-electron chi connectivity index (χ3n) is 5.96. The molecule has 34 heavy (non-hydrogen) atoms. The van der Waals surface area contributed by atoms with E-state index >= 15 is 0 Å². The molecule has 6 nitrogen and oxygen atoms in total. The predicted octanol–water partition coefficient (Wildman–Crippen LogP) is 5.88. The second kappa shape index (κ2) is 9.15. The number of benzene rings is 3. The van der Waals surface area contributed by atoms with Crippen molar-refractivity contribution >= 4 is 34.8 Å². The number of anilines is 2. The zero-order valence-electron chi connectivity index (χ0n) is 18.7. The molecule has 0 saturated carbocycles. The Kier molecular flexibility index (Phi) is 5.90. The lowest BCUT2D eigenvalue weighted by atomic mass is 10.0. The van der Waals surface area contributed by atoms with Crippen LogP contribution >= 0.6 is 11.6 Å². The smallest absolute Gasteiger partial charge is 0.259 e. The fraction of sp³-hybridized carbons (Fsp3) is 0.148. The van der Waals surface area contributed by atoms with Gasteiger partial charge in [-0.05, 0) is 49.2 Å².